The van der Waals surface area contributed by atoms with Crippen molar-refractivity contribution < 1.29 is 9.59 Å². The smallest absolute Gasteiger partial charge is 0.267 e. The Morgan fingerprint density at radius 2 is 1.70 bits per heavy atom. The zero-order chi connectivity index (χ0) is 14.3. The van der Waals surface area contributed by atoms with Crippen molar-refractivity contribution in [2.24, 2.45) is 5.73 Å². The van der Waals surface area contributed by atoms with Gasteiger partial charge in [-0.3, -0.25) is 9.59 Å². The Kier molecular flexibility index (Phi) is 3.16. The minimum Gasteiger partial charge on any atom is -0.326 e. The number of hydrogen-bond donors (Lipinski definition) is 1. The number of fused-ring (bicyclic) bond motifs is 1. The molecular weight excluding hydrogens is 320 g/mol. The Hall–Kier alpha value is -1.98. The van der Waals surface area contributed by atoms with Gasteiger partial charge in [-0.25, -0.2) is 4.90 Å². The number of rotatable bonds is 2. The number of hydrogen-bond acceptors (Lipinski definition) is 3. The molecule has 1 heterocycles. The first-order valence-corrected chi connectivity index (χ1v) is 6.89. The molecule has 20 heavy (non-hydrogen) atoms. The first-order valence-electron chi connectivity index (χ1n) is 6.10. The van der Waals surface area contributed by atoms with E-state index in [4.69, 9.17) is 5.73 Å². The van der Waals surface area contributed by atoms with Crippen LogP contribution in [-0.4, -0.2) is 11.8 Å². The highest BCUT2D eigenvalue weighted by atomic mass is 79.9. The van der Waals surface area contributed by atoms with Gasteiger partial charge in [0.05, 0.1) is 16.8 Å². The van der Waals surface area contributed by atoms with Crippen LogP contribution in [0.25, 0.3) is 0 Å². The average Bonchev–Trinajstić information content (AvgIpc) is 2.72. The van der Waals surface area contributed by atoms with Crippen molar-refractivity contribution in [3.63, 3.8) is 0 Å². The molecule has 0 aliphatic carbocycles. The molecule has 2 N–H and O–H groups in total. The Morgan fingerprint density at radius 3 is 2.30 bits per heavy atom. The summed E-state index contributed by atoms with van der Waals surface area (Å²) in [5, 5.41) is 0. The molecule has 5 heteroatoms. The second kappa shape index (κ2) is 4.85. The molecule has 2 aromatic rings. The van der Waals surface area contributed by atoms with Crippen LogP contribution in [0.5, 0.6) is 0 Å². The summed E-state index contributed by atoms with van der Waals surface area (Å²) >= 11 is 3.32. The number of anilines is 1. The fraction of sp³-hybridized carbons (Fsp3) is 0.0667. The van der Waals surface area contributed by atoms with Crippen LogP contribution in [0.3, 0.4) is 0 Å². The van der Waals surface area contributed by atoms with Gasteiger partial charge in [0, 0.05) is 11.0 Å². The molecule has 0 aromatic heterocycles. The van der Waals surface area contributed by atoms with E-state index >= 15 is 0 Å². The van der Waals surface area contributed by atoms with Gasteiger partial charge in [0.25, 0.3) is 11.8 Å². The molecule has 0 radical (unpaired) electrons. The Balaban J connectivity index is 2.07. The molecule has 1 aliphatic heterocycles. The van der Waals surface area contributed by atoms with E-state index in [1.54, 1.807) is 30.3 Å². The molecule has 2 amide bonds. The molecule has 2 aromatic carbocycles. The van der Waals surface area contributed by atoms with Gasteiger partial charge in [0.1, 0.15) is 0 Å². The van der Waals surface area contributed by atoms with Gasteiger partial charge in [-0.05, 0) is 45.8 Å². The monoisotopic (exact) mass is 330 g/mol. The van der Waals surface area contributed by atoms with E-state index in [1.165, 1.54) is 4.90 Å². The molecule has 0 bridgehead atoms. The number of nitrogens with two attached hydrogens (primary N) is 1. The third kappa shape index (κ3) is 1.87. The van der Waals surface area contributed by atoms with Crippen LogP contribution >= 0.6 is 15.9 Å². The molecule has 0 atom stereocenters. The number of carbonyl (C=O) groups excluding carboxylic acids is 2. The zero-order valence-electron chi connectivity index (χ0n) is 10.5. The molecule has 0 unspecified atom stereocenters. The number of benzene rings is 2. The standard InChI is InChI=1S/C15H11BrN2O2/c16-12-3-1-2-11-13(12)15(20)18(14(11)19)10-6-4-9(8-17)5-7-10/h1-7H,8,17H2. The zero-order valence-corrected chi connectivity index (χ0v) is 12.1. The molecule has 0 saturated carbocycles. The van der Waals surface area contributed by atoms with Crippen LogP contribution in [0.2, 0.25) is 0 Å². The highest BCUT2D eigenvalue weighted by Gasteiger charge is 2.37. The fourth-order valence-corrected chi connectivity index (χ4v) is 2.80. The average molecular weight is 331 g/mol. The predicted octanol–water partition coefficient (Wildman–Crippen LogP) is 2.71. The largest absolute Gasteiger partial charge is 0.326 e. The van der Waals surface area contributed by atoms with Crippen molar-refractivity contribution in [1.29, 1.82) is 0 Å². The number of carbonyl (C=O) groups is 2. The van der Waals surface area contributed by atoms with Gasteiger partial charge in [-0.1, -0.05) is 18.2 Å². The summed E-state index contributed by atoms with van der Waals surface area (Å²) in [6.07, 6.45) is 0. The summed E-state index contributed by atoms with van der Waals surface area (Å²) in [5.74, 6) is -0.607. The van der Waals surface area contributed by atoms with Crippen molar-refractivity contribution in [2.45, 2.75) is 6.54 Å². The maximum atomic E-state index is 12.4. The van der Waals surface area contributed by atoms with E-state index < -0.39 is 0 Å². The minimum absolute atomic E-state index is 0.299. The van der Waals surface area contributed by atoms with Crippen LogP contribution in [0, 0.1) is 0 Å². The van der Waals surface area contributed by atoms with Gasteiger partial charge in [0.2, 0.25) is 0 Å². The van der Waals surface area contributed by atoms with Gasteiger partial charge in [-0.2, -0.15) is 0 Å². The van der Waals surface area contributed by atoms with Gasteiger partial charge in [0.15, 0.2) is 0 Å². The van der Waals surface area contributed by atoms with Crippen molar-refractivity contribution in [2.75, 3.05) is 4.90 Å². The number of halogens is 1. The molecular formula is C15H11BrN2O2. The van der Waals surface area contributed by atoms with Crippen molar-refractivity contribution >= 4 is 33.4 Å². The highest BCUT2D eigenvalue weighted by molar-refractivity contribution is 9.10. The van der Waals surface area contributed by atoms with E-state index in [0.29, 0.717) is 27.8 Å². The summed E-state index contributed by atoms with van der Waals surface area (Å²) in [7, 11) is 0. The van der Waals surface area contributed by atoms with E-state index in [2.05, 4.69) is 15.9 Å². The van der Waals surface area contributed by atoms with Crippen LogP contribution < -0.4 is 10.6 Å². The molecule has 4 nitrogen and oxygen atoms in total. The van der Waals surface area contributed by atoms with E-state index in [9.17, 15) is 9.59 Å². The lowest BCUT2D eigenvalue weighted by molar-refractivity contribution is 0.0926. The quantitative estimate of drug-likeness (QED) is 0.861. The van der Waals surface area contributed by atoms with Gasteiger partial charge in [-0.15, -0.1) is 0 Å². The molecule has 3 rings (SSSR count). The summed E-state index contributed by atoms with van der Waals surface area (Å²) in [4.78, 5) is 26.0. The van der Waals surface area contributed by atoms with Crippen LogP contribution in [0.1, 0.15) is 26.3 Å². The van der Waals surface area contributed by atoms with Crippen LogP contribution in [0.4, 0.5) is 5.69 Å². The van der Waals surface area contributed by atoms with Crippen molar-refractivity contribution in [3.05, 3.63) is 63.6 Å². The Labute approximate surface area is 124 Å². The first-order chi connectivity index (χ1) is 9.63. The topological polar surface area (TPSA) is 63.4 Å². The van der Waals surface area contributed by atoms with E-state index in [1.807, 2.05) is 12.1 Å². The maximum absolute atomic E-state index is 12.4. The Bertz CT molecular complexity index is 710. The van der Waals surface area contributed by atoms with Crippen molar-refractivity contribution in [3.8, 4) is 0 Å². The normalized spacial score (nSPS) is 13.8. The molecule has 1 aliphatic rings. The third-order valence-corrected chi connectivity index (χ3v) is 3.96. The molecule has 100 valence electrons. The lowest BCUT2D eigenvalue weighted by Crippen LogP contribution is -2.29. The highest BCUT2D eigenvalue weighted by Crippen LogP contribution is 2.32. The van der Waals surface area contributed by atoms with E-state index in [0.717, 1.165) is 5.56 Å². The summed E-state index contributed by atoms with van der Waals surface area (Å²) in [5.41, 5.74) is 7.89. The maximum Gasteiger partial charge on any atom is 0.267 e. The number of nitrogens with zero attached hydrogens (tertiary/aromatic N) is 1. The number of imide groups is 1. The second-order valence-electron chi connectivity index (χ2n) is 4.48. The number of amides is 2. The first kappa shape index (κ1) is 13.0. The Morgan fingerprint density at radius 1 is 1.00 bits per heavy atom. The summed E-state index contributed by atoms with van der Waals surface area (Å²) in [6, 6.07) is 12.3. The summed E-state index contributed by atoms with van der Waals surface area (Å²) in [6.45, 7) is 0.425. The third-order valence-electron chi connectivity index (χ3n) is 3.29. The SMILES string of the molecule is NCc1ccc(N2C(=O)c3cccc(Br)c3C2=O)cc1. The lowest BCUT2D eigenvalue weighted by atomic mass is 10.1. The molecule has 0 saturated heterocycles. The minimum atomic E-state index is -0.307. The van der Waals surface area contributed by atoms with Crippen LogP contribution in [-0.2, 0) is 6.54 Å². The van der Waals surface area contributed by atoms with Crippen LogP contribution in [0.15, 0.2) is 46.9 Å². The second-order valence-corrected chi connectivity index (χ2v) is 5.33. The van der Waals surface area contributed by atoms with Gasteiger partial charge < -0.3 is 5.73 Å². The lowest BCUT2D eigenvalue weighted by Gasteiger charge is -2.14. The van der Waals surface area contributed by atoms with Gasteiger partial charge >= 0.3 is 0 Å². The molecule has 0 spiro atoms. The molecule has 0 fully saturated rings. The summed E-state index contributed by atoms with van der Waals surface area (Å²) < 4.78 is 0.634. The van der Waals surface area contributed by atoms with Crippen molar-refractivity contribution in [1.82, 2.24) is 0 Å². The predicted molar refractivity (Wildman–Crippen MR) is 79.6 cm³/mol. The van der Waals surface area contributed by atoms with E-state index in [-0.39, 0.29) is 11.8 Å². The fourth-order valence-electron chi connectivity index (χ4n) is 2.26.